The van der Waals surface area contributed by atoms with Crippen LogP contribution in [0.3, 0.4) is 0 Å². The molecule has 0 aliphatic rings. The minimum atomic E-state index is 0.827. The van der Waals surface area contributed by atoms with Gasteiger partial charge in [0.05, 0.1) is 0 Å². The third-order valence-electron chi connectivity index (χ3n) is 2.93. The Balaban J connectivity index is 3.69. The first-order valence-electron chi connectivity index (χ1n) is 6.59. The summed E-state index contributed by atoms with van der Waals surface area (Å²) in [6, 6.07) is 0. The van der Waals surface area contributed by atoms with Gasteiger partial charge in [0.2, 0.25) is 0 Å². The fraction of sp³-hybridized carbons (Fsp3) is 0.929. The first kappa shape index (κ1) is 14.0. The molecule has 0 bridgehead atoms. The Bertz CT molecular complexity index is 107. The second kappa shape index (κ2) is 9.55. The summed E-state index contributed by atoms with van der Waals surface area (Å²) in [7, 11) is 0. The van der Waals surface area contributed by atoms with E-state index in [2.05, 4.69) is 34.1 Å². The van der Waals surface area contributed by atoms with Crippen molar-refractivity contribution >= 4 is 0 Å². The van der Waals surface area contributed by atoms with E-state index in [4.69, 9.17) is 0 Å². The van der Waals surface area contributed by atoms with Gasteiger partial charge < -0.3 is 0 Å². The highest BCUT2D eigenvalue weighted by Crippen LogP contribution is 2.24. The van der Waals surface area contributed by atoms with E-state index in [-0.39, 0.29) is 0 Å². The van der Waals surface area contributed by atoms with Gasteiger partial charge in [0.25, 0.3) is 0 Å². The van der Waals surface area contributed by atoms with E-state index >= 15 is 0 Å². The molecule has 0 nitrogen and oxygen atoms in total. The molecule has 0 aromatic rings. The molecule has 2 atom stereocenters. The highest BCUT2D eigenvalue weighted by molar-refractivity contribution is 4.80. The SMILES string of the molecule is CCCCC([CH]C(C)CCC)CCC. The van der Waals surface area contributed by atoms with Crippen molar-refractivity contribution in [3.63, 3.8) is 0 Å². The Kier molecular flexibility index (Phi) is 9.55. The summed E-state index contributed by atoms with van der Waals surface area (Å²) >= 11 is 0. The van der Waals surface area contributed by atoms with Crippen LogP contribution in [0.25, 0.3) is 0 Å². The third kappa shape index (κ3) is 7.41. The molecular weight excluding hydrogens is 168 g/mol. The van der Waals surface area contributed by atoms with Gasteiger partial charge >= 0.3 is 0 Å². The first-order chi connectivity index (χ1) is 6.74. The Hall–Kier alpha value is 0. The molecule has 0 fully saturated rings. The predicted molar refractivity (Wildman–Crippen MR) is 66.3 cm³/mol. The van der Waals surface area contributed by atoms with E-state index in [0.717, 1.165) is 11.8 Å². The van der Waals surface area contributed by atoms with Gasteiger partial charge in [-0.05, 0) is 18.3 Å². The molecule has 0 aliphatic heterocycles. The molecule has 0 saturated heterocycles. The summed E-state index contributed by atoms with van der Waals surface area (Å²) in [6.45, 7) is 9.25. The van der Waals surface area contributed by atoms with Crippen molar-refractivity contribution in [2.24, 2.45) is 11.8 Å². The predicted octanol–water partition coefficient (Wildman–Crippen LogP) is 5.23. The second-order valence-electron chi connectivity index (χ2n) is 4.65. The van der Waals surface area contributed by atoms with Gasteiger partial charge in [-0.3, -0.25) is 0 Å². The maximum absolute atomic E-state index is 2.61. The van der Waals surface area contributed by atoms with Crippen LogP contribution in [0, 0.1) is 18.3 Å². The molecule has 1 radical (unpaired) electrons. The molecule has 0 spiro atoms. The van der Waals surface area contributed by atoms with Crippen molar-refractivity contribution in [1.29, 1.82) is 0 Å². The van der Waals surface area contributed by atoms with E-state index < -0.39 is 0 Å². The summed E-state index contributed by atoms with van der Waals surface area (Å²) in [5.74, 6) is 1.72. The molecule has 0 aromatic carbocycles. The second-order valence-corrected chi connectivity index (χ2v) is 4.65. The maximum atomic E-state index is 2.61. The van der Waals surface area contributed by atoms with Crippen LogP contribution >= 0.6 is 0 Å². The Morgan fingerprint density at radius 3 is 2.00 bits per heavy atom. The number of hydrogen-bond acceptors (Lipinski definition) is 0. The van der Waals surface area contributed by atoms with E-state index in [0.29, 0.717) is 0 Å². The molecule has 2 unspecified atom stereocenters. The molecule has 0 aliphatic carbocycles. The largest absolute Gasteiger partial charge is 0.0654 e. The fourth-order valence-electron chi connectivity index (χ4n) is 2.19. The number of rotatable bonds is 9. The minimum absolute atomic E-state index is 0.827. The van der Waals surface area contributed by atoms with Crippen LogP contribution in [0.1, 0.15) is 72.6 Å². The van der Waals surface area contributed by atoms with Crippen LogP contribution in [-0.4, -0.2) is 0 Å². The molecule has 0 amide bonds. The monoisotopic (exact) mass is 197 g/mol. The zero-order chi connectivity index (χ0) is 10.8. The third-order valence-corrected chi connectivity index (χ3v) is 2.93. The fourth-order valence-corrected chi connectivity index (χ4v) is 2.19. The van der Waals surface area contributed by atoms with Crippen LogP contribution in [0.4, 0.5) is 0 Å². The lowest BCUT2D eigenvalue weighted by Crippen LogP contribution is -2.07. The molecule has 0 rings (SSSR count). The molecule has 14 heavy (non-hydrogen) atoms. The van der Waals surface area contributed by atoms with Crippen LogP contribution in [0.15, 0.2) is 0 Å². The van der Waals surface area contributed by atoms with Crippen molar-refractivity contribution in [2.75, 3.05) is 0 Å². The van der Waals surface area contributed by atoms with Gasteiger partial charge in [0.15, 0.2) is 0 Å². The molecule has 0 heteroatoms. The van der Waals surface area contributed by atoms with Gasteiger partial charge in [0.1, 0.15) is 0 Å². The Morgan fingerprint density at radius 1 is 0.857 bits per heavy atom. The average molecular weight is 197 g/mol. The zero-order valence-corrected chi connectivity index (χ0v) is 10.7. The molecule has 0 heterocycles. The normalized spacial score (nSPS) is 15.4. The highest BCUT2D eigenvalue weighted by atomic mass is 14.2. The van der Waals surface area contributed by atoms with Gasteiger partial charge in [-0.15, -0.1) is 0 Å². The van der Waals surface area contributed by atoms with E-state index in [1.165, 1.54) is 44.9 Å². The van der Waals surface area contributed by atoms with E-state index in [1.54, 1.807) is 0 Å². The van der Waals surface area contributed by atoms with Crippen molar-refractivity contribution in [3.8, 4) is 0 Å². The summed E-state index contributed by atoms with van der Waals surface area (Å²) in [4.78, 5) is 0. The lowest BCUT2D eigenvalue weighted by Gasteiger charge is -2.19. The van der Waals surface area contributed by atoms with Crippen molar-refractivity contribution in [1.82, 2.24) is 0 Å². The van der Waals surface area contributed by atoms with Crippen molar-refractivity contribution in [2.45, 2.75) is 72.6 Å². The van der Waals surface area contributed by atoms with Crippen molar-refractivity contribution < 1.29 is 0 Å². The quantitative estimate of drug-likeness (QED) is 0.474. The van der Waals surface area contributed by atoms with Crippen LogP contribution in [0.2, 0.25) is 0 Å². The lowest BCUT2D eigenvalue weighted by atomic mass is 9.86. The number of unbranched alkanes of at least 4 members (excludes halogenated alkanes) is 1. The molecule has 0 saturated carbocycles. The lowest BCUT2D eigenvalue weighted by molar-refractivity contribution is 0.422. The van der Waals surface area contributed by atoms with Gasteiger partial charge in [0, 0.05) is 0 Å². The van der Waals surface area contributed by atoms with E-state index in [9.17, 15) is 0 Å². The highest BCUT2D eigenvalue weighted by Gasteiger charge is 2.11. The molecule has 0 N–H and O–H groups in total. The topological polar surface area (TPSA) is 0 Å². The Labute approximate surface area is 91.5 Å². The molecule has 85 valence electrons. The van der Waals surface area contributed by atoms with Gasteiger partial charge in [-0.1, -0.05) is 72.6 Å². The summed E-state index contributed by atoms with van der Waals surface area (Å²) in [5, 5.41) is 0. The van der Waals surface area contributed by atoms with Crippen LogP contribution < -0.4 is 0 Å². The van der Waals surface area contributed by atoms with Crippen LogP contribution in [-0.2, 0) is 0 Å². The average Bonchev–Trinajstić information content (AvgIpc) is 2.15. The molecule has 0 aromatic heterocycles. The molecular formula is C14H29. The van der Waals surface area contributed by atoms with Gasteiger partial charge in [-0.2, -0.15) is 0 Å². The van der Waals surface area contributed by atoms with E-state index in [1.807, 2.05) is 0 Å². The standard InChI is InChI=1S/C14H29/c1-5-8-11-14(10-7-3)12-13(4)9-6-2/h12-14H,5-11H2,1-4H3. The number of hydrogen-bond donors (Lipinski definition) is 0. The summed E-state index contributed by atoms with van der Waals surface area (Å²) in [6.07, 6.45) is 12.2. The summed E-state index contributed by atoms with van der Waals surface area (Å²) < 4.78 is 0. The smallest absolute Gasteiger partial charge is 0.0326 e. The maximum Gasteiger partial charge on any atom is -0.0326 e. The minimum Gasteiger partial charge on any atom is -0.0654 e. The van der Waals surface area contributed by atoms with Gasteiger partial charge in [-0.25, -0.2) is 0 Å². The van der Waals surface area contributed by atoms with Crippen molar-refractivity contribution in [3.05, 3.63) is 6.42 Å². The van der Waals surface area contributed by atoms with Crippen LogP contribution in [0.5, 0.6) is 0 Å². The first-order valence-corrected chi connectivity index (χ1v) is 6.59. The Morgan fingerprint density at radius 2 is 1.50 bits per heavy atom. The zero-order valence-electron chi connectivity index (χ0n) is 10.7. The summed E-state index contributed by atoms with van der Waals surface area (Å²) in [5.41, 5.74) is 0.